The second kappa shape index (κ2) is 8.58. The van der Waals surface area contributed by atoms with Crippen LogP contribution in [-0.2, 0) is 10.0 Å². The fraction of sp³-hybridized carbons (Fsp3) is 0.136. The number of nitrogens with one attached hydrogen (secondary N) is 1. The fourth-order valence-corrected chi connectivity index (χ4v) is 4.16. The Morgan fingerprint density at radius 2 is 1.67 bits per heavy atom. The lowest BCUT2D eigenvalue weighted by atomic mass is 10.2. The van der Waals surface area contributed by atoms with Gasteiger partial charge >= 0.3 is 0 Å². The van der Waals surface area contributed by atoms with Crippen LogP contribution in [0, 0.1) is 32.4 Å². The van der Waals surface area contributed by atoms with Crippen LogP contribution in [0.5, 0.6) is 11.6 Å². The Labute approximate surface area is 188 Å². The summed E-state index contributed by atoms with van der Waals surface area (Å²) in [7, 11) is -4.23. The van der Waals surface area contributed by atoms with E-state index in [4.69, 9.17) is 4.74 Å². The summed E-state index contributed by atoms with van der Waals surface area (Å²) >= 11 is 0. The number of ether oxygens (including phenoxy) is 1. The molecule has 11 heteroatoms. The Hall–Kier alpha value is -3.86. The van der Waals surface area contributed by atoms with Gasteiger partial charge in [-0.1, -0.05) is 0 Å². The van der Waals surface area contributed by atoms with E-state index in [9.17, 15) is 17.2 Å². The van der Waals surface area contributed by atoms with Crippen LogP contribution >= 0.6 is 0 Å². The molecule has 0 atom stereocenters. The highest BCUT2D eigenvalue weighted by Crippen LogP contribution is 2.24. The topological polar surface area (TPSA) is 99.0 Å². The minimum absolute atomic E-state index is 0.174. The summed E-state index contributed by atoms with van der Waals surface area (Å²) < 4.78 is 61.2. The van der Waals surface area contributed by atoms with Gasteiger partial charge in [0.15, 0.2) is 5.82 Å². The molecular formula is C22H19F2N5O3S. The molecule has 0 aliphatic carbocycles. The Balaban J connectivity index is 1.46. The third-order valence-electron chi connectivity index (χ3n) is 5.01. The first-order chi connectivity index (χ1) is 15.6. The van der Waals surface area contributed by atoms with Crippen molar-refractivity contribution < 1.29 is 21.9 Å². The normalized spacial score (nSPS) is 11.4. The third-order valence-corrected chi connectivity index (χ3v) is 6.42. The number of aromatic nitrogens is 4. The van der Waals surface area contributed by atoms with Crippen molar-refractivity contribution in [3.05, 3.63) is 83.2 Å². The molecule has 4 aromatic rings. The number of benzene rings is 2. The average molecular weight is 471 g/mol. The predicted molar refractivity (Wildman–Crippen MR) is 117 cm³/mol. The van der Waals surface area contributed by atoms with Gasteiger partial charge in [-0.25, -0.2) is 21.9 Å². The van der Waals surface area contributed by atoms with E-state index in [0.717, 1.165) is 29.1 Å². The molecule has 2 heterocycles. The number of sulfonamides is 1. The number of nitrogens with zero attached hydrogens (tertiary/aromatic N) is 4. The molecule has 0 saturated heterocycles. The summed E-state index contributed by atoms with van der Waals surface area (Å²) in [6.07, 6.45) is 0. The molecule has 0 spiro atoms. The highest BCUT2D eigenvalue weighted by atomic mass is 32.2. The number of anilines is 1. The molecule has 4 rings (SSSR count). The van der Waals surface area contributed by atoms with E-state index in [1.807, 2.05) is 20.8 Å². The van der Waals surface area contributed by atoms with E-state index >= 15 is 0 Å². The second-order valence-corrected chi connectivity index (χ2v) is 8.89. The van der Waals surface area contributed by atoms with E-state index in [0.29, 0.717) is 17.6 Å². The first kappa shape index (κ1) is 22.3. The SMILES string of the molecule is Cc1nn(-c2ccc(Oc3ccc(NS(=O)(=O)c4ccc(F)cc4F)cc3)nn2)c(C)c1C. The van der Waals surface area contributed by atoms with Gasteiger partial charge in [-0.15, -0.1) is 10.2 Å². The second-order valence-electron chi connectivity index (χ2n) is 7.24. The van der Waals surface area contributed by atoms with Crippen molar-refractivity contribution in [2.75, 3.05) is 4.72 Å². The van der Waals surface area contributed by atoms with E-state index in [1.54, 1.807) is 16.8 Å². The van der Waals surface area contributed by atoms with Gasteiger partial charge in [-0.3, -0.25) is 4.72 Å². The molecule has 0 amide bonds. The lowest BCUT2D eigenvalue weighted by Gasteiger charge is -2.10. The van der Waals surface area contributed by atoms with Crippen LogP contribution in [0.1, 0.15) is 17.0 Å². The van der Waals surface area contributed by atoms with Crippen LogP contribution in [0.2, 0.25) is 0 Å². The summed E-state index contributed by atoms with van der Waals surface area (Å²) in [5, 5.41) is 12.6. The zero-order chi connectivity index (χ0) is 23.8. The number of rotatable bonds is 6. The van der Waals surface area contributed by atoms with Gasteiger partial charge in [-0.05, 0) is 68.8 Å². The van der Waals surface area contributed by atoms with Crippen molar-refractivity contribution in [1.29, 1.82) is 0 Å². The van der Waals surface area contributed by atoms with Crippen molar-refractivity contribution >= 4 is 15.7 Å². The van der Waals surface area contributed by atoms with Crippen LogP contribution in [-0.4, -0.2) is 28.4 Å². The molecule has 0 unspecified atom stereocenters. The Bertz CT molecular complexity index is 1420. The highest BCUT2D eigenvalue weighted by molar-refractivity contribution is 7.92. The summed E-state index contributed by atoms with van der Waals surface area (Å²) in [5.41, 5.74) is 3.13. The average Bonchev–Trinajstić information content (AvgIpc) is 3.02. The van der Waals surface area contributed by atoms with Crippen LogP contribution in [0.3, 0.4) is 0 Å². The Kier molecular flexibility index (Phi) is 5.81. The zero-order valence-corrected chi connectivity index (χ0v) is 18.7. The molecule has 0 saturated carbocycles. The highest BCUT2D eigenvalue weighted by Gasteiger charge is 2.20. The van der Waals surface area contributed by atoms with Gasteiger partial charge in [-0.2, -0.15) is 5.10 Å². The number of aryl methyl sites for hydroxylation is 1. The molecule has 33 heavy (non-hydrogen) atoms. The fourth-order valence-electron chi connectivity index (χ4n) is 3.04. The summed E-state index contributed by atoms with van der Waals surface area (Å²) in [5.74, 6) is -0.878. The monoisotopic (exact) mass is 471 g/mol. The molecule has 2 aromatic heterocycles. The number of hydrogen-bond donors (Lipinski definition) is 1. The van der Waals surface area contributed by atoms with E-state index in [-0.39, 0.29) is 11.6 Å². The van der Waals surface area contributed by atoms with E-state index in [1.165, 1.54) is 24.3 Å². The van der Waals surface area contributed by atoms with Crippen LogP contribution in [0.25, 0.3) is 5.82 Å². The number of hydrogen-bond acceptors (Lipinski definition) is 6. The molecule has 8 nitrogen and oxygen atoms in total. The lowest BCUT2D eigenvalue weighted by Crippen LogP contribution is -2.14. The van der Waals surface area contributed by atoms with Crippen LogP contribution in [0.15, 0.2) is 59.5 Å². The van der Waals surface area contributed by atoms with Gasteiger partial charge in [0.25, 0.3) is 10.0 Å². The molecule has 2 aromatic carbocycles. The van der Waals surface area contributed by atoms with Gasteiger partial charge in [0.2, 0.25) is 5.88 Å². The summed E-state index contributed by atoms with van der Waals surface area (Å²) in [6.45, 7) is 5.85. The first-order valence-electron chi connectivity index (χ1n) is 9.77. The van der Waals surface area contributed by atoms with Gasteiger partial charge in [0.1, 0.15) is 22.3 Å². The van der Waals surface area contributed by atoms with Crippen molar-refractivity contribution in [3.8, 4) is 17.4 Å². The molecule has 0 fully saturated rings. The van der Waals surface area contributed by atoms with Gasteiger partial charge < -0.3 is 4.74 Å². The van der Waals surface area contributed by atoms with Crippen molar-refractivity contribution in [3.63, 3.8) is 0 Å². The maximum absolute atomic E-state index is 13.8. The molecule has 170 valence electrons. The first-order valence-corrected chi connectivity index (χ1v) is 11.2. The quantitative estimate of drug-likeness (QED) is 0.446. The van der Waals surface area contributed by atoms with Crippen molar-refractivity contribution in [1.82, 2.24) is 20.0 Å². The molecular weight excluding hydrogens is 452 g/mol. The van der Waals surface area contributed by atoms with Crippen molar-refractivity contribution in [2.45, 2.75) is 25.7 Å². The smallest absolute Gasteiger partial charge is 0.264 e. The minimum Gasteiger partial charge on any atom is -0.438 e. The molecule has 0 aliphatic heterocycles. The maximum atomic E-state index is 13.8. The Morgan fingerprint density at radius 3 is 2.24 bits per heavy atom. The molecule has 0 radical (unpaired) electrons. The largest absolute Gasteiger partial charge is 0.438 e. The van der Waals surface area contributed by atoms with E-state index < -0.39 is 26.6 Å². The molecule has 1 N–H and O–H groups in total. The molecule has 0 aliphatic rings. The minimum atomic E-state index is -4.23. The predicted octanol–water partition coefficient (Wildman–Crippen LogP) is 4.46. The Morgan fingerprint density at radius 1 is 0.939 bits per heavy atom. The third kappa shape index (κ3) is 4.67. The van der Waals surface area contributed by atoms with Crippen LogP contribution < -0.4 is 9.46 Å². The maximum Gasteiger partial charge on any atom is 0.264 e. The summed E-state index contributed by atoms with van der Waals surface area (Å²) in [6, 6.07) is 11.5. The van der Waals surface area contributed by atoms with Crippen molar-refractivity contribution in [2.24, 2.45) is 0 Å². The van der Waals surface area contributed by atoms with Gasteiger partial charge in [0, 0.05) is 23.5 Å². The summed E-state index contributed by atoms with van der Waals surface area (Å²) in [4.78, 5) is -0.655. The number of halogens is 2. The zero-order valence-electron chi connectivity index (χ0n) is 17.9. The lowest BCUT2D eigenvalue weighted by molar-refractivity contribution is 0.454. The van der Waals surface area contributed by atoms with E-state index in [2.05, 4.69) is 20.0 Å². The van der Waals surface area contributed by atoms with Crippen LogP contribution in [0.4, 0.5) is 14.5 Å². The standard InChI is InChI=1S/C22H19F2N5O3S/c1-13-14(2)27-29(15(13)3)21-10-11-22(26-25-21)32-18-7-5-17(6-8-18)28-33(30,31)20-9-4-16(23)12-19(20)24/h4-12,28H,1-3H3. The molecule has 0 bridgehead atoms. The van der Waals surface area contributed by atoms with Gasteiger partial charge in [0.05, 0.1) is 5.69 Å².